The van der Waals surface area contributed by atoms with Crippen LogP contribution in [0.5, 0.6) is 0 Å². The molecule has 0 saturated heterocycles. The zero-order valence-electron chi connectivity index (χ0n) is 38.1. The second-order valence-corrected chi connectivity index (χ2v) is 13.3. The molecule has 0 bridgehead atoms. The lowest BCUT2D eigenvalue weighted by Gasteiger charge is -2.09. The van der Waals surface area contributed by atoms with Crippen molar-refractivity contribution in [1.29, 1.82) is 0 Å². The van der Waals surface area contributed by atoms with E-state index in [2.05, 4.69) is 6.92 Å². The van der Waals surface area contributed by atoms with Gasteiger partial charge >= 0.3 is 0 Å². The van der Waals surface area contributed by atoms with Gasteiger partial charge in [-0.15, -0.1) is 0 Å². The maximum Gasteiger partial charge on any atom is 0.0701 e. The van der Waals surface area contributed by atoms with Crippen molar-refractivity contribution in [1.82, 2.24) is 0 Å². The van der Waals surface area contributed by atoms with Crippen LogP contribution in [0, 0.1) is 0 Å². The van der Waals surface area contributed by atoms with Crippen molar-refractivity contribution >= 4 is 0 Å². The van der Waals surface area contributed by atoms with Crippen molar-refractivity contribution < 1.29 is 85.6 Å². The van der Waals surface area contributed by atoms with Crippen LogP contribution in [0.2, 0.25) is 0 Å². The predicted molar refractivity (Wildman–Crippen MR) is 229 cm³/mol. The van der Waals surface area contributed by atoms with Crippen molar-refractivity contribution in [3.8, 4) is 0 Å². The second kappa shape index (κ2) is 59.3. The van der Waals surface area contributed by atoms with Crippen molar-refractivity contribution in [3.63, 3.8) is 0 Å². The molecule has 0 radical (unpaired) electrons. The van der Waals surface area contributed by atoms with Crippen LogP contribution in [0.15, 0.2) is 0 Å². The van der Waals surface area contributed by atoms with E-state index in [1.807, 2.05) is 0 Å². The maximum absolute atomic E-state index is 8.60. The summed E-state index contributed by atoms with van der Waals surface area (Å²) in [5.74, 6) is 0. The quantitative estimate of drug-likeness (QED) is 0.0881. The average molecular weight is 893 g/mol. The molecule has 18 nitrogen and oxygen atoms in total. The van der Waals surface area contributed by atoms with E-state index < -0.39 is 0 Å². The minimum atomic E-state index is 0.0220. The summed E-state index contributed by atoms with van der Waals surface area (Å²) < 4.78 is 93.0. The summed E-state index contributed by atoms with van der Waals surface area (Å²) in [5.41, 5.74) is 0. The van der Waals surface area contributed by atoms with E-state index in [1.165, 1.54) is 38.5 Å². The number of hydrogen-bond donors (Lipinski definition) is 1. The number of aliphatic hydroxyl groups excluding tert-OH is 1. The summed E-state index contributed by atoms with van der Waals surface area (Å²) in [7, 11) is 0. The first-order chi connectivity index (χ1) is 30.4. The number of hydrogen-bond acceptors (Lipinski definition) is 18. The van der Waals surface area contributed by atoms with Crippen molar-refractivity contribution in [3.05, 3.63) is 0 Å². The molecule has 0 heterocycles. The molecule has 1 N–H and O–H groups in total. The van der Waals surface area contributed by atoms with Crippen molar-refractivity contribution in [2.45, 2.75) is 51.9 Å². The highest BCUT2D eigenvalue weighted by Crippen LogP contribution is 2.06. The Bertz CT molecular complexity index is 690. The summed E-state index contributed by atoms with van der Waals surface area (Å²) in [5, 5.41) is 8.60. The Hall–Kier alpha value is -0.720. The molecule has 0 aliphatic rings. The normalized spacial score (nSPS) is 11.7. The molecule has 0 aliphatic carbocycles. The SMILES string of the molecule is CCCCCCCCCOCCOCCOCCOCCOCCOCCOCCOCCOCCOCCOCCOCCOCCOCCOCCOCCOCCO. The zero-order chi connectivity index (χ0) is 43.7. The van der Waals surface area contributed by atoms with Gasteiger partial charge in [-0.1, -0.05) is 45.4 Å². The fraction of sp³-hybridized carbons (Fsp3) is 1.00. The first-order valence-electron chi connectivity index (χ1n) is 22.8. The lowest BCUT2D eigenvalue weighted by molar-refractivity contribution is -0.0308. The summed E-state index contributed by atoms with van der Waals surface area (Å²) in [6.45, 7) is 19.8. The highest BCUT2D eigenvalue weighted by molar-refractivity contribution is 4.45. The molecule has 0 aromatic carbocycles. The Kier molecular flexibility index (Phi) is 58.6. The van der Waals surface area contributed by atoms with Gasteiger partial charge in [0.1, 0.15) is 0 Å². The van der Waals surface area contributed by atoms with Crippen LogP contribution in [0.1, 0.15) is 51.9 Å². The fourth-order valence-electron chi connectivity index (χ4n) is 4.85. The molecule has 0 fully saturated rings. The first kappa shape index (κ1) is 60.3. The minimum absolute atomic E-state index is 0.0220. The Morgan fingerprint density at radius 3 is 0.508 bits per heavy atom. The van der Waals surface area contributed by atoms with Crippen LogP contribution in [-0.4, -0.2) is 236 Å². The van der Waals surface area contributed by atoms with E-state index in [4.69, 9.17) is 85.6 Å². The van der Waals surface area contributed by atoms with Crippen molar-refractivity contribution in [2.24, 2.45) is 0 Å². The van der Waals surface area contributed by atoms with Crippen LogP contribution in [0.4, 0.5) is 0 Å². The molecule has 0 aromatic rings. The van der Waals surface area contributed by atoms with E-state index in [0.29, 0.717) is 218 Å². The molecular formula is C43H88O18. The highest BCUT2D eigenvalue weighted by atomic mass is 16.6. The Balaban J connectivity index is 3.06. The summed E-state index contributed by atoms with van der Waals surface area (Å²) >= 11 is 0. The average Bonchev–Trinajstić information content (AvgIpc) is 3.27. The van der Waals surface area contributed by atoms with Gasteiger partial charge in [0.05, 0.1) is 225 Å². The number of aliphatic hydroxyl groups is 1. The van der Waals surface area contributed by atoms with Crippen LogP contribution in [0.25, 0.3) is 0 Å². The maximum atomic E-state index is 8.60. The van der Waals surface area contributed by atoms with Gasteiger partial charge in [-0.05, 0) is 6.42 Å². The molecule has 0 aromatic heterocycles. The smallest absolute Gasteiger partial charge is 0.0701 e. The van der Waals surface area contributed by atoms with Gasteiger partial charge in [-0.2, -0.15) is 0 Å². The zero-order valence-corrected chi connectivity index (χ0v) is 38.1. The molecule has 61 heavy (non-hydrogen) atoms. The monoisotopic (exact) mass is 893 g/mol. The standard InChI is InChI=1S/C43H88O18/c1-2-3-4-5-6-7-8-10-45-12-14-47-16-18-49-20-22-51-24-26-53-28-30-55-32-34-57-36-38-59-40-42-61-43-41-60-39-37-58-35-33-56-31-29-54-27-25-52-23-21-50-19-17-48-15-13-46-11-9-44/h44H,2-43H2,1H3. The van der Waals surface area contributed by atoms with Crippen LogP contribution in [0.3, 0.4) is 0 Å². The van der Waals surface area contributed by atoms with Crippen LogP contribution >= 0.6 is 0 Å². The molecule has 0 spiro atoms. The highest BCUT2D eigenvalue weighted by Gasteiger charge is 1.99. The molecule has 0 saturated carbocycles. The molecule has 0 aliphatic heterocycles. The minimum Gasteiger partial charge on any atom is -0.394 e. The number of ether oxygens (including phenoxy) is 17. The van der Waals surface area contributed by atoms with E-state index in [0.717, 1.165) is 13.0 Å². The van der Waals surface area contributed by atoms with Gasteiger partial charge in [0.15, 0.2) is 0 Å². The van der Waals surface area contributed by atoms with Crippen molar-refractivity contribution in [2.75, 3.05) is 231 Å². The lowest BCUT2D eigenvalue weighted by atomic mass is 10.1. The summed E-state index contributed by atoms with van der Waals surface area (Å²) in [6, 6.07) is 0. The summed E-state index contributed by atoms with van der Waals surface area (Å²) in [6.07, 6.45) is 9.07. The van der Waals surface area contributed by atoms with Crippen LogP contribution in [-0.2, 0) is 80.5 Å². The Morgan fingerprint density at radius 1 is 0.180 bits per heavy atom. The third-order valence-corrected chi connectivity index (χ3v) is 8.08. The lowest BCUT2D eigenvalue weighted by Crippen LogP contribution is -2.16. The second-order valence-electron chi connectivity index (χ2n) is 13.3. The predicted octanol–water partition coefficient (Wildman–Crippen LogP) is 3.01. The van der Waals surface area contributed by atoms with Gasteiger partial charge in [0.2, 0.25) is 0 Å². The molecule has 0 unspecified atom stereocenters. The van der Waals surface area contributed by atoms with E-state index in [1.54, 1.807) is 0 Å². The topological polar surface area (TPSA) is 177 Å². The van der Waals surface area contributed by atoms with E-state index in [-0.39, 0.29) is 6.61 Å². The largest absolute Gasteiger partial charge is 0.394 e. The van der Waals surface area contributed by atoms with E-state index >= 15 is 0 Å². The molecule has 18 heteroatoms. The number of rotatable bonds is 58. The van der Waals surface area contributed by atoms with Gasteiger partial charge in [0, 0.05) is 6.61 Å². The molecular weight excluding hydrogens is 804 g/mol. The third-order valence-electron chi connectivity index (χ3n) is 8.08. The van der Waals surface area contributed by atoms with Gasteiger partial charge < -0.3 is 85.6 Å². The van der Waals surface area contributed by atoms with Gasteiger partial charge in [0.25, 0.3) is 0 Å². The third kappa shape index (κ3) is 59.3. The van der Waals surface area contributed by atoms with Gasteiger partial charge in [-0.3, -0.25) is 0 Å². The fourth-order valence-corrected chi connectivity index (χ4v) is 4.85. The number of unbranched alkanes of at least 4 members (excludes halogenated alkanes) is 6. The Labute approximate surface area is 368 Å². The Morgan fingerprint density at radius 2 is 0.328 bits per heavy atom. The van der Waals surface area contributed by atoms with Gasteiger partial charge in [-0.25, -0.2) is 0 Å². The first-order valence-corrected chi connectivity index (χ1v) is 22.8. The molecule has 368 valence electrons. The van der Waals surface area contributed by atoms with E-state index in [9.17, 15) is 0 Å². The van der Waals surface area contributed by atoms with Crippen LogP contribution < -0.4 is 0 Å². The molecule has 0 rings (SSSR count). The summed E-state index contributed by atoms with van der Waals surface area (Å²) in [4.78, 5) is 0. The molecule has 0 atom stereocenters. The molecule has 0 amide bonds.